The molecule has 8 nitrogen and oxygen atoms in total. The van der Waals surface area contributed by atoms with Gasteiger partial charge in [0, 0.05) is 58.0 Å². The normalized spacial score (nSPS) is 21.6. The zero-order chi connectivity index (χ0) is 29.9. The number of aromatic nitrogens is 3. The number of rotatable bonds is 2. The van der Waals surface area contributed by atoms with Gasteiger partial charge in [0.05, 0.1) is 23.2 Å². The number of pyridine rings is 1. The van der Waals surface area contributed by atoms with Crippen LogP contribution in [0.1, 0.15) is 51.8 Å². The second-order valence-corrected chi connectivity index (χ2v) is 13.4. The monoisotopic (exact) mass is 653 g/mol. The summed E-state index contributed by atoms with van der Waals surface area (Å²) in [6.45, 7) is 9.84. The fourth-order valence-electron chi connectivity index (χ4n) is 5.54. The van der Waals surface area contributed by atoms with Crippen molar-refractivity contribution in [2.24, 2.45) is 0 Å². The lowest BCUT2D eigenvalue weighted by Crippen LogP contribution is -2.59. The summed E-state index contributed by atoms with van der Waals surface area (Å²) in [5.41, 5.74) is -0.877. The van der Waals surface area contributed by atoms with E-state index in [4.69, 9.17) is 4.74 Å². The molecule has 2 aliphatic heterocycles. The quantitative estimate of drug-likeness (QED) is 0.321. The predicted octanol–water partition coefficient (Wildman–Crippen LogP) is 6.30. The van der Waals surface area contributed by atoms with Crippen molar-refractivity contribution in [2.75, 3.05) is 23.7 Å². The van der Waals surface area contributed by atoms with Crippen LogP contribution in [0.4, 0.5) is 23.8 Å². The van der Waals surface area contributed by atoms with E-state index in [2.05, 4.69) is 25.9 Å². The van der Waals surface area contributed by atoms with Gasteiger partial charge in [-0.1, -0.05) is 6.07 Å². The van der Waals surface area contributed by atoms with Gasteiger partial charge in [-0.3, -0.25) is 14.5 Å². The van der Waals surface area contributed by atoms with E-state index in [1.807, 2.05) is 26.0 Å². The highest BCUT2D eigenvalue weighted by atomic mass is 79.9. The van der Waals surface area contributed by atoms with Gasteiger partial charge in [0.1, 0.15) is 11.4 Å². The molecule has 0 saturated carbocycles. The van der Waals surface area contributed by atoms with E-state index < -0.39 is 29.1 Å². The molecule has 0 N–H and O–H groups in total. The summed E-state index contributed by atoms with van der Waals surface area (Å²) in [6.07, 6.45) is -3.43. The predicted molar refractivity (Wildman–Crippen MR) is 156 cm³/mol. The van der Waals surface area contributed by atoms with Crippen LogP contribution in [0.3, 0.4) is 0 Å². The van der Waals surface area contributed by atoms with Gasteiger partial charge in [-0.25, -0.2) is 9.59 Å². The van der Waals surface area contributed by atoms with E-state index >= 15 is 0 Å². The molecule has 0 unspecified atom stereocenters. The van der Waals surface area contributed by atoms with Crippen LogP contribution in [0, 0.1) is 0 Å². The molecule has 3 atom stereocenters. The van der Waals surface area contributed by atoms with Gasteiger partial charge in [-0.05, 0) is 68.7 Å². The average molecular weight is 655 g/mol. The van der Waals surface area contributed by atoms with Gasteiger partial charge in [-0.15, -0.1) is 11.8 Å². The number of amides is 1. The molecule has 2 aromatic heterocycles. The van der Waals surface area contributed by atoms with E-state index in [0.29, 0.717) is 16.2 Å². The third-order valence-corrected chi connectivity index (χ3v) is 9.55. The van der Waals surface area contributed by atoms with E-state index in [1.54, 1.807) is 42.8 Å². The topological polar surface area (TPSA) is 80.6 Å². The second kappa shape index (κ2) is 10.8. The Morgan fingerprint density at radius 1 is 1.12 bits per heavy atom. The van der Waals surface area contributed by atoms with Crippen LogP contribution in [0.2, 0.25) is 0 Å². The van der Waals surface area contributed by atoms with Crippen molar-refractivity contribution in [2.45, 2.75) is 75.8 Å². The molecule has 0 aliphatic carbocycles. The summed E-state index contributed by atoms with van der Waals surface area (Å²) in [6, 6.07) is 5.89. The molecule has 1 aromatic carbocycles. The highest BCUT2D eigenvalue weighted by Gasteiger charge is 2.40. The van der Waals surface area contributed by atoms with Crippen LogP contribution in [-0.4, -0.2) is 62.1 Å². The van der Waals surface area contributed by atoms with Gasteiger partial charge in [0.15, 0.2) is 0 Å². The number of ether oxygens (including phenoxy) is 1. The number of hydrogen-bond acceptors (Lipinski definition) is 7. The third-order valence-electron chi connectivity index (χ3n) is 7.20. The number of hydrogen-bond donors (Lipinski definition) is 0. The molecule has 4 heterocycles. The Morgan fingerprint density at radius 2 is 1.80 bits per heavy atom. The van der Waals surface area contributed by atoms with Crippen molar-refractivity contribution in [1.29, 1.82) is 0 Å². The number of carbonyl (C=O) groups is 1. The minimum Gasteiger partial charge on any atom is -0.444 e. The largest absolute Gasteiger partial charge is 0.444 e. The van der Waals surface area contributed by atoms with Crippen molar-refractivity contribution in [3.63, 3.8) is 0 Å². The second-order valence-electron chi connectivity index (χ2n) is 11.5. The van der Waals surface area contributed by atoms with Crippen molar-refractivity contribution >= 4 is 50.5 Å². The van der Waals surface area contributed by atoms with Gasteiger partial charge >= 0.3 is 18.0 Å². The Bertz CT molecular complexity index is 1530. The smallest absolute Gasteiger partial charge is 0.417 e. The minimum atomic E-state index is -4.63. The first-order valence-electron chi connectivity index (χ1n) is 13.3. The molecule has 1 fully saturated rings. The first kappa shape index (κ1) is 29.7. The van der Waals surface area contributed by atoms with Crippen molar-refractivity contribution in [1.82, 2.24) is 19.4 Å². The van der Waals surface area contributed by atoms with E-state index in [-0.39, 0.29) is 53.3 Å². The highest BCUT2D eigenvalue weighted by Crippen LogP contribution is 2.47. The van der Waals surface area contributed by atoms with Crippen LogP contribution in [0.5, 0.6) is 0 Å². The number of carbonyl (C=O) groups excluding carboxylic acids is 1. The number of piperazine rings is 1. The summed E-state index contributed by atoms with van der Waals surface area (Å²) in [5, 5.41) is 0.245. The SMILES string of the molecule is C[C@@H]1CN(c2nc(=O)n3c4c(c(Br)c(C(F)(F)F)cc24)SC[C@@H](c2ccccn2)C3)C[C@H](C)N1C(=O)OC(C)(C)C. The Balaban J connectivity index is 1.63. The molecule has 0 bridgehead atoms. The van der Waals surface area contributed by atoms with Crippen LogP contribution >= 0.6 is 27.7 Å². The van der Waals surface area contributed by atoms with Gasteiger partial charge in [0.2, 0.25) is 0 Å². The first-order valence-corrected chi connectivity index (χ1v) is 15.1. The van der Waals surface area contributed by atoms with Crippen LogP contribution in [-0.2, 0) is 17.5 Å². The fraction of sp³-hybridized carbons (Fsp3) is 0.500. The maximum atomic E-state index is 14.3. The summed E-state index contributed by atoms with van der Waals surface area (Å²) >= 11 is 4.50. The Hall–Kier alpha value is -2.80. The van der Waals surface area contributed by atoms with Crippen LogP contribution in [0.25, 0.3) is 10.9 Å². The zero-order valence-electron chi connectivity index (χ0n) is 23.3. The van der Waals surface area contributed by atoms with Crippen molar-refractivity contribution in [3.05, 3.63) is 56.7 Å². The molecule has 0 radical (unpaired) electrons. The molecule has 5 rings (SSSR count). The Labute approximate surface area is 248 Å². The molecule has 41 heavy (non-hydrogen) atoms. The minimum absolute atomic E-state index is 0.0917. The standard InChI is InChI=1S/C28H31BrF3N5O3S/c1-15-11-35(12-16(2)37(15)26(39)40-27(3,4)5)24-18-10-19(28(30,31)32)21(29)23-22(18)36(25(38)34-24)13-17(14-41-23)20-8-6-7-9-33-20/h6-10,15-17H,11-14H2,1-5H3/t15-,16+,17-/m0/s1. The summed E-state index contributed by atoms with van der Waals surface area (Å²) in [4.78, 5) is 39.1. The van der Waals surface area contributed by atoms with Gasteiger partial charge < -0.3 is 9.64 Å². The van der Waals surface area contributed by atoms with Gasteiger partial charge in [0.25, 0.3) is 0 Å². The molecule has 13 heteroatoms. The van der Waals surface area contributed by atoms with Crippen molar-refractivity contribution < 1.29 is 22.7 Å². The highest BCUT2D eigenvalue weighted by molar-refractivity contribution is 9.10. The number of halogens is 4. The maximum Gasteiger partial charge on any atom is 0.417 e. The lowest BCUT2D eigenvalue weighted by molar-refractivity contribution is -0.138. The summed E-state index contributed by atoms with van der Waals surface area (Å²) in [7, 11) is 0. The first-order chi connectivity index (χ1) is 19.2. The van der Waals surface area contributed by atoms with E-state index in [9.17, 15) is 22.8 Å². The summed E-state index contributed by atoms with van der Waals surface area (Å²) in [5.74, 6) is 0.409. The number of alkyl halides is 3. The molecule has 0 spiro atoms. The zero-order valence-corrected chi connectivity index (χ0v) is 25.7. The van der Waals surface area contributed by atoms with E-state index in [1.165, 1.54) is 16.3 Å². The fourth-order valence-corrected chi connectivity index (χ4v) is 7.65. The van der Waals surface area contributed by atoms with E-state index in [0.717, 1.165) is 11.8 Å². The molecule has 3 aromatic rings. The molecule has 1 saturated heterocycles. The average Bonchev–Trinajstić information content (AvgIpc) is 3.07. The van der Waals surface area contributed by atoms with Gasteiger partial charge in [-0.2, -0.15) is 18.2 Å². The molecule has 1 amide bonds. The summed E-state index contributed by atoms with van der Waals surface area (Å²) < 4.78 is 49.9. The number of thioether (sulfide) groups is 1. The molecular formula is C28H31BrF3N5O3S. The van der Waals surface area contributed by atoms with Crippen molar-refractivity contribution in [3.8, 4) is 0 Å². The number of nitrogens with zero attached hydrogens (tertiary/aromatic N) is 5. The molecular weight excluding hydrogens is 623 g/mol. The maximum absolute atomic E-state index is 14.3. The van der Waals surface area contributed by atoms with Crippen LogP contribution < -0.4 is 10.6 Å². The lowest BCUT2D eigenvalue weighted by Gasteiger charge is -2.45. The third kappa shape index (κ3) is 5.79. The molecule has 2 aliphatic rings. The Morgan fingerprint density at radius 3 is 2.39 bits per heavy atom. The number of benzene rings is 1. The Kier molecular flexibility index (Phi) is 7.82. The lowest BCUT2D eigenvalue weighted by atomic mass is 10.0. The van der Waals surface area contributed by atoms with Crippen LogP contribution in [0.15, 0.2) is 44.6 Å². The molecule has 220 valence electrons. The number of anilines is 1.